The summed E-state index contributed by atoms with van der Waals surface area (Å²) < 4.78 is 2.06. The monoisotopic (exact) mass is 339 g/mol. The van der Waals surface area contributed by atoms with Crippen LogP contribution in [0.25, 0.3) is 0 Å². The van der Waals surface area contributed by atoms with Gasteiger partial charge in [0.25, 0.3) is 5.91 Å². The Bertz CT molecular complexity index is 840. The van der Waals surface area contributed by atoms with Gasteiger partial charge in [0, 0.05) is 36.1 Å². The van der Waals surface area contributed by atoms with Crippen LogP contribution in [0.5, 0.6) is 0 Å². The van der Waals surface area contributed by atoms with E-state index < -0.39 is 0 Å². The Labute approximate surface area is 146 Å². The third-order valence-corrected chi connectivity index (χ3v) is 4.26. The third kappa shape index (κ3) is 3.84. The van der Waals surface area contributed by atoms with Crippen LogP contribution < -0.4 is 5.32 Å². The standard InChI is InChI=1S/C19H18ClN3O/c1-14-21-10-11-23(14)13-15-6-8-16(9-7-15)19(24)22-12-17-4-2-3-5-18(17)20/h2-11H,12-13H2,1H3,(H,22,24). The van der Waals surface area contributed by atoms with Gasteiger partial charge in [-0.15, -0.1) is 0 Å². The van der Waals surface area contributed by atoms with Gasteiger partial charge < -0.3 is 9.88 Å². The first-order valence-corrected chi connectivity index (χ1v) is 8.09. The van der Waals surface area contributed by atoms with E-state index in [2.05, 4.69) is 14.9 Å². The molecule has 0 aliphatic rings. The van der Waals surface area contributed by atoms with Gasteiger partial charge >= 0.3 is 0 Å². The molecule has 0 fully saturated rings. The van der Waals surface area contributed by atoms with Gasteiger partial charge in [0.15, 0.2) is 0 Å². The Balaban J connectivity index is 1.61. The minimum absolute atomic E-state index is 0.111. The average Bonchev–Trinajstić information content (AvgIpc) is 2.99. The lowest BCUT2D eigenvalue weighted by Gasteiger charge is -2.08. The fourth-order valence-corrected chi connectivity index (χ4v) is 2.65. The summed E-state index contributed by atoms with van der Waals surface area (Å²) in [5.41, 5.74) is 2.66. The molecule has 2 aromatic carbocycles. The van der Waals surface area contributed by atoms with Crippen molar-refractivity contribution in [2.45, 2.75) is 20.0 Å². The number of aryl methyl sites for hydroxylation is 1. The molecule has 1 heterocycles. The van der Waals surface area contributed by atoms with Crippen molar-refractivity contribution < 1.29 is 4.79 Å². The van der Waals surface area contributed by atoms with Crippen molar-refractivity contribution in [1.29, 1.82) is 0 Å². The first-order chi connectivity index (χ1) is 11.6. The summed E-state index contributed by atoms with van der Waals surface area (Å²) in [5.74, 6) is 0.858. The van der Waals surface area contributed by atoms with Gasteiger partial charge in [0.05, 0.1) is 0 Å². The molecule has 0 unspecified atom stereocenters. The highest BCUT2D eigenvalue weighted by Gasteiger charge is 2.07. The van der Waals surface area contributed by atoms with E-state index in [1.54, 1.807) is 6.20 Å². The minimum Gasteiger partial charge on any atom is -0.348 e. The molecule has 0 aliphatic carbocycles. The van der Waals surface area contributed by atoms with Crippen molar-refractivity contribution in [3.05, 3.63) is 88.5 Å². The van der Waals surface area contributed by atoms with Crippen LogP contribution in [0.1, 0.15) is 27.3 Å². The van der Waals surface area contributed by atoms with Crippen LogP contribution in [-0.4, -0.2) is 15.5 Å². The summed E-state index contributed by atoms with van der Waals surface area (Å²) in [5, 5.41) is 3.55. The number of halogens is 1. The number of carbonyl (C=O) groups is 1. The zero-order valence-corrected chi connectivity index (χ0v) is 14.1. The Kier molecular flexibility index (Phi) is 4.96. The number of carbonyl (C=O) groups excluding carboxylic acids is 1. The summed E-state index contributed by atoms with van der Waals surface area (Å²) >= 11 is 6.10. The molecule has 0 saturated heterocycles. The zero-order valence-electron chi connectivity index (χ0n) is 13.4. The van der Waals surface area contributed by atoms with E-state index in [1.165, 1.54) is 0 Å². The molecule has 24 heavy (non-hydrogen) atoms. The van der Waals surface area contributed by atoms with E-state index in [4.69, 9.17) is 11.6 Å². The van der Waals surface area contributed by atoms with Crippen LogP contribution >= 0.6 is 11.6 Å². The maximum Gasteiger partial charge on any atom is 0.251 e. The highest BCUT2D eigenvalue weighted by molar-refractivity contribution is 6.31. The fourth-order valence-electron chi connectivity index (χ4n) is 2.45. The summed E-state index contributed by atoms with van der Waals surface area (Å²) in [4.78, 5) is 16.4. The van der Waals surface area contributed by atoms with E-state index in [0.717, 1.165) is 23.5 Å². The average molecular weight is 340 g/mol. The lowest BCUT2D eigenvalue weighted by Crippen LogP contribution is -2.22. The molecule has 1 aromatic heterocycles. The number of hydrogen-bond donors (Lipinski definition) is 1. The van der Waals surface area contributed by atoms with Crippen molar-refractivity contribution in [2.75, 3.05) is 0 Å². The second-order valence-electron chi connectivity index (χ2n) is 5.57. The van der Waals surface area contributed by atoms with Crippen LogP contribution in [0.15, 0.2) is 60.9 Å². The molecule has 0 aliphatic heterocycles. The van der Waals surface area contributed by atoms with Gasteiger partial charge in [-0.3, -0.25) is 4.79 Å². The fraction of sp³-hybridized carbons (Fsp3) is 0.158. The molecule has 122 valence electrons. The van der Waals surface area contributed by atoms with Crippen LogP contribution in [-0.2, 0) is 13.1 Å². The van der Waals surface area contributed by atoms with Gasteiger partial charge in [-0.2, -0.15) is 0 Å². The van der Waals surface area contributed by atoms with E-state index in [-0.39, 0.29) is 5.91 Å². The summed E-state index contributed by atoms with van der Waals surface area (Å²) in [7, 11) is 0. The Morgan fingerprint density at radius 1 is 1.17 bits per heavy atom. The maximum atomic E-state index is 12.2. The van der Waals surface area contributed by atoms with Gasteiger partial charge in [-0.05, 0) is 36.2 Å². The number of nitrogens with one attached hydrogen (secondary N) is 1. The first-order valence-electron chi connectivity index (χ1n) is 7.72. The second-order valence-corrected chi connectivity index (χ2v) is 5.98. The smallest absolute Gasteiger partial charge is 0.251 e. The lowest BCUT2D eigenvalue weighted by molar-refractivity contribution is 0.0951. The number of amides is 1. The van der Waals surface area contributed by atoms with Crippen LogP contribution in [0, 0.1) is 6.92 Å². The number of aromatic nitrogens is 2. The van der Waals surface area contributed by atoms with Crippen LogP contribution in [0.4, 0.5) is 0 Å². The van der Waals surface area contributed by atoms with Crippen molar-refractivity contribution in [3.63, 3.8) is 0 Å². The lowest BCUT2D eigenvalue weighted by atomic mass is 10.1. The molecule has 0 saturated carbocycles. The van der Waals surface area contributed by atoms with Crippen LogP contribution in [0.3, 0.4) is 0 Å². The van der Waals surface area contributed by atoms with Crippen molar-refractivity contribution in [1.82, 2.24) is 14.9 Å². The van der Waals surface area contributed by atoms with Crippen molar-refractivity contribution >= 4 is 17.5 Å². The molecule has 4 nitrogen and oxygen atoms in total. The van der Waals surface area contributed by atoms with Crippen molar-refractivity contribution in [3.8, 4) is 0 Å². The molecule has 3 rings (SSSR count). The predicted molar refractivity (Wildman–Crippen MR) is 95.1 cm³/mol. The summed E-state index contributed by atoms with van der Waals surface area (Å²) in [6, 6.07) is 15.1. The first kappa shape index (κ1) is 16.3. The molecular formula is C19H18ClN3O. The second kappa shape index (κ2) is 7.32. The molecule has 1 amide bonds. The molecular weight excluding hydrogens is 322 g/mol. The topological polar surface area (TPSA) is 46.9 Å². The molecule has 0 spiro atoms. The predicted octanol–water partition coefficient (Wildman–Crippen LogP) is 3.82. The van der Waals surface area contributed by atoms with E-state index in [9.17, 15) is 4.79 Å². The van der Waals surface area contributed by atoms with E-state index in [1.807, 2.05) is 61.7 Å². The Morgan fingerprint density at radius 2 is 1.92 bits per heavy atom. The number of rotatable bonds is 5. The summed E-state index contributed by atoms with van der Waals surface area (Å²) in [6.45, 7) is 3.12. The molecule has 3 aromatic rings. The number of benzene rings is 2. The quantitative estimate of drug-likeness (QED) is 0.768. The van der Waals surface area contributed by atoms with Gasteiger partial charge in [0.2, 0.25) is 0 Å². The maximum absolute atomic E-state index is 12.2. The minimum atomic E-state index is -0.111. The highest BCUT2D eigenvalue weighted by Crippen LogP contribution is 2.14. The molecule has 1 N–H and O–H groups in total. The van der Waals surface area contributed by atoms with Gasteiger partial charge in [-0.1, -0.05) is 41.9 Å². The SMILES string of the molecule is Cc1nccn1Cc1ccc(C(=O)NCc2ccccc2Cl)cc1. The largest absolute Gasteiger partial charge is 0.348 e. The number of nitrogens with zero attached hydrogens (tertiary/aromatic N) is 2. The van der Waals surface area contributed by atoms with Crippen LogP contribution in [0.2, 0.25) is 5.02 Å². The Morgan fingerprint density at radius 3 is 2.58 bits per heavy atom. The van der Waals surface area contributed by atoms with E-state index >= 15 is 0 Å². The van der Waals surface area contributed by atoms with Crippen molar-refractivity contribution in [2.24, 2.45) is 0 Å². The molecule has 0 radical (unpaired) electrons. The normalized spacial score (nSPS) is 10.6. The third-order valence-electron chi connectivity index (χ3n) is 3.89. The molecule has 0 bridgehead atoms. The van der Waals surface area contributed by atoms with Gasteiger partial charge in [-0.25, -0.2) is 4.98 Å². The highest BCUT2D eigenvalue weighted by atomic mass is 35.5. The summed E-state index contributed by atoms with van der Waals surface area (Å²) in [6.07, 6.45) is 3.73. The zero-order chi connectivity index (χ0) is 16.9. The number of imidazole rings is 1. The molecule has 5 heteroatoms. The Hall–Kier alpha value is -2.59. The van der Waals surface area contributed by atoms with Gasteiger partial charge in [0.1, 0.15) is 5.82 Å². The molecule has 0 atom stereocenters. The van der Waals surface area contributed by atoms with E-state index in [0.29, 0.717) is 17.1 Å². The number of hydrogen-bond acceptors (Lipinski definition) is 2.